The number of hydrogen-bond acceptors (Lipinski definition) is 2. The summed E-state index contributed by atoms with van der Waals surface area (Å²) in [7, 11) is 0. The fourth-order valence-corrected chi connectivity index (χ4v) is 2.79. The van der Waals surface area contributed by atoms with E-state index >= 15 is 0 Å². The van der Waals surface area contributed by atoms with E-state index in [0.29, 0.717) is 35.3 Å². The van der Waals surface area contributed by atoms with Crippen molar-refractivity contribution in [2.24, 2.45) is 11.7 Å². The third-order valence-electron chi connectivity index (χ3n) is 4.51. The van der Waals surface area contributed by atoms with Gasteiger partial charge in [0.15, 0.2) is 0 Å². The molecule has 3 nitrogen and oxygen atoms in total. The Morgan fingerprint density at radius 3 is 2.43 bits per heavy atom. The average Bonchev–Trinajstić information content (AvgIpc) is 2.44. The Kier molecular flexibility index (Phi) is 3.21. The van der Waals surface area contributed by atoms with Crippen molar-refractivity contribution in [1.29, 1.82) is 0 Å². The van der Waals surface area contributed by atoms with Crippen molar-refractivity contribution in [3.05, 3.63) is 47.8 Å². The second-order valence-electron chi connectivity index (χ2n) is 6.19. The zero-order chi connectivity index (χ0) is 15.2. The quantitative estimate of drug-likeness (QED) is 0.922. The number of fused-ring (bicyclic) bond motifs is 1. The highest BCUT2D eigenvalue weighted by Crippen LogP contribution is 2.30. The second-order valence-corrected chi connectivity index (χ2v) is 6.19. The number of benzene rings is 2. The molecule has 2 aromatic rings. The highest BCUT2D eigenvalue weighted by molar-refractivity contribution is 6.07. The molecule has 2 aromatic carbocycles. The predicted octanol–water partition coefficient (Wildman–Crippen LogP) is 2.79. The lowest BCUT2D eigenvalue weighted by atomic mass is 9.80. The maximum absolute atomic E-state index is 13.8. The van der Waals surface area contributed by atoms with Crippen molar-refractivity contribution in [2.75, 3.05) is 13.1 Å². The van der Waals surface area contributed by atoms with Crippen molar-refractivity contribution >= 4 is 16.7 Å². The Balaban J connectivity index is 1.92. The van der Waals surface area contributed by atoms with Crippen LogP contribution in [0.25, 0.3) is 10.8 Å². The van der Waals surface area contributed by atoms with E-state index in [2.05, 4.69) is 13.8 Å². The van der Waals surface area contributed by atoms with Gasteiger partial charge in [-0.15, -0.1) is 0 Å². The fraction of sp³-hybridized carbons (Fsp3) is 0.353. The summed E-state index contributed by atoms with van der Waals surface area (Å²) in [6, 6.07) is 9.98. The topological polar surface area (TPSA) is 46.3 Å². The Labute approximate surface area is 123 Å². The minimum atomic E-state index is -0.305. The first-order valence-corrected chi connectivity index (χ1v) is 7.18. The monoisotopic (exact) mass is 286 g/mol. The molecular weight excluding hydrogens is 267 g/mol. The van der Waals surface area contributed by atoms with Gasteiger partial charge in [0.25, 0.3) is 5.91 Å². The molecule has 0 saturated carbocycles. The molecule has 1 aliphatic heterocycles. The first-order chi connectivity index (χ1) is 9.92. The predicted molar refractivity (Wildman–Crippen MR) is 81.6 cm³/mol. The standard InChI is InChI=1S/C17H19FN2O/c1-11(2)17(19)9-20(10-17)16(21)14-7-8-15(18)13-6-4-3-5-12(13)14/h3-8,11H,9-10,19H2,1-2H3. The fourth-order valence-electron chi connectivity index (χ4n) is 2.79. The minimum Gasteiger partial charge on any atom is -0.335 e. The number of rotatable bonds is 2. The summed E-state index contributed by atoms with van der Waals surface area (Å²) in [6.45, 7) is 5.23. The van der Waals surface area contributed by atoms with E-state index in [-0.39, 0.29) is 17.3 Å². The van der Waals surface area contributed by atoms with Crippen LogP contribution >= 0.6 is 0 Å². The summed E-state index contributed by atoms with van der Waals surface area (Å²) in [5.74, 6) is -0.0550. The van der Waals surface area contributed by atoms with Gasteiger partial charge in [-0.2, -0.15) is 0 Å². The molecular formula is C17H19FN2O. The van der Waals surface area contributed by atoms with E-state index in [1.807, 2.05) is 6.07 Å². The largest absolute Gasteiger partial charge is 0.335 e. The Morgan fingerprint density at radius 1 is 1.19 bits per heavy atom. The van der Waals surface area contributed by atoms with Gasteiger partial charge >= 0.3 is 0 Å². The molecule has 1 heterocycles. The number of carbonyl (C=O) groups excluding carboxylic acids is 1. The van der Waals surface area contributed by atoms with Crippen LogP contribution in [0.5, 0.6) is 0 Å². The molecule has 0 aromatic heterocycles. The van der Waals surface area contributed by atoms with E-state index in [4.69, 9.17) is 5.73 Å². The Hall–Kier alpha value is -1.94. The van der Waals surface area contributed by atoms with Gasteiger partial charge in [-0.1, -0.05) is 38.1 Å². The van der Waals surface area contributed by atoms with E-state index in [9.17, 15) is 9.18 Å². The molecule has 0 atom stereocenters. The lowest BCUT2D eigenvalue weighted by Gasteiger charge is -2.50. The van der Waals surface area contributed by atoms with E-state index in [1.165, 1.54) is 6.07 Å². The summed E-state index contributed by atoms with van der Waals surface area (Å²) < 4.78 is 13.8. The maximum Gasteiger partial charge on any atom is 0.254 e. The summed E-state index contributed by atoms with van der Waals surface area (Å²) in [5, 5.41) is 1.13. The van der Waals surface area contributed by atoms with Gasteiger partial charge in [0.1, 0.15) is 5.82 Å². The molecule has 4 heteroatoms. The molecule has 2 N–H and O–H groups in total. The van der Waals surface area contributed by atoms with Gasteiger partial charge in [0, 0.05) is 24.0 Å². The van der Waals surface area contributed by atoms with E-state index in [1.54, 1.807) is 29.2 Å². The molecule has 0 radical (unpaired) electrons. The van der Waals surface area contributed by atoms with Crippen molar-refractivity contribution < 1.29 is 9.18 Å². The normalized spacial score (nSPS) is 17.1. The molecule has 0 aliphatic carbocycles. The van der Waals surface area contributed by atoms with Crippen LogP contribution in [0.15, 0.2) is 36.4 Å². The molecule has 3 rings (SSSR count). The van der Waals surface area contributed by atoms with Gasteiger partial charge in [-0.25, -0.2) is 4.39 Å². The molecule has 110 valence electrons. The lowest BCUT2D eigenvalue weighted by molar-refractivity contribution is 0.0277. The zero-order valence-electron chi connectivity index (χ0n) is 12.3. The van der Waals surface area contributed by atoms with Crippen LogP contribution in [-0.2, 0) is 0 Å². The average molecular weight is 286 g/mol. The highest BCUT2D eigenvalue weighted by atomic mass is 19.1. The molecule has 1 fully saturated rings. The number of hydrogen-bond donors (Lipinski definition) is 1. The summed E-state index contributed by atoms with van der Waals surface area (Å²) >= 11 is 0. The summed E-state index contributed by atoms with van der Waals surface area (Å²) in [6.07, 6.45) is 0. The molecule has 0 spiro atoms. The van der Waals surface area contributed by atoms with Crippen molar-refractivity contribution in [3.8, 4) is 0 Å². The Morgan fingerprint density at radius 2 is 1.81 bits per heavy atom. The highest BCUT2D eigenvalue weighted by Gasteiger charge is 2.44. The first kappa shape index (κ1) is 14.0. The number of carbonyl (C=O) groups is 1. The number of nitrogens with zero attached hydrogens (tertiary/aromatic N) is 1. The molecule has 1 saturated heterocycles. The van der Waals surface area contributed by atoms with Crippen LogP contribution in [0.1, 0.15) is 24.2 Å². The van der Waals surface area contributed by atoms with Crippen LogP contribution in [0.4, 0.5) is 4.39 Å². The Bertz CT molecular complexity index is 705. The van der Waals surface area contributed by atoms with Crippen LogP contribution in [0.2, 0.25) is 0 Å². The minimum absolute atomic E-state index is 0.0760. The van der Waals surface area contributed by atoms with Crippen LogP contribution in [-0.4, -0.2) is 29.4 Å². The van der Waals surface area contributed by atoms with Crippen molar-refractivity contribution in [1.82, 2.24) is 4.90 Å². The first-order valence-electron chi connectivity index (χ1n) is 7.18. The number of amides is 1. The van der Waals surface area contributed by atoms with Crippen LogP contribution in [0.3, 0.4) is 0 Å². The molecule has 1 amide bonds. The molecule has 0 unspecified atom stereocenters. The number of nitrogens with two attached hydrogens (primary N) is 1. The van der Waals surface area contributed by atoms with Gasteiger partial charge in [0.2, 0.25) is 0 Å². The summed E-state index contributed by atoms with van der Waals surface area (Å²) in [5.41, 5.74) is 6.47. The maximum atomic E-state index is 13.8. The summed E-state index contributed by atoms with van der Waals surface area (Å²) in [4.78, 5) is 14.3. The van der Waals surface area contributed by atoms with E-state index < -0.39 is 0 Å². The van der Waals surface area contributed by atoms with Gasteiger partial charge in [0.05, 0.1) is 5.54 Å². The van der Waals surface area contributed by atoms with Crippen molar-refractivity contribution in [2.45, 2.75) is 19.4 Å². The van der Waals surface area contributed by atoms with Gasteiger partial charge < -0.3 is 10.6 Å². The smallest absolute Gasteiger partial charge is 0.254 e. The zero-order valence-corrected chi connectivity index (χ0v) is 12.3. The number of halogens is 1. The van der Waals surface area contributed by atoms with Crippen LogP contribution < -0.4 is 5.73 Å². The lowest BCUT2D eigenvalue weighted by Crippen LogP contribution is -2.71. The second kappa shape index (κ2) is 4.81. The van der Waals surface area contributed by atoms with Crippen molar-refractivity contribution in [3.63, 3.8) is 0 Å². The van der Waals surface area contributed by atoms with Gasteiger partial charge in [-0.3, -0.25) is 4.79 Å². The third kappa shape index (κ3) is 2.20. The van der Waals surface area contributed by atoms with Crippen LogP contribution in [0, 0.1) is 11.7 Å². The molecule has 0 bridgehead atoms. The number of likely N-dealkylation sites (tertiary alicyclic amines) is 1. The van der Waals surface area contributed by atoms with Gasteiger partial charge in [-0.05, 0) is 23.4 Å². The SMILES string of the molecule is CC(C)C1(N)CN(C(=O)c2ccc(F)c3ccccc23)C1. The molecule has 21 heavy (non-hydrogen) atoms. The van der Waals surface area contributed by atoms with E-state index in [0.717, 1.165) is 0 Å². The third-order valence-corrected chi connectivity index (χ3v) is 4.51. The molecule has 1 aliphatic rings.